The third kappa shape index (κ3) is 3.68. The molecule has 0 radical (unpaired) electrons. The summed E-state index contributed by atoms with van der Waals surface area (Å²) in [5.74, 6) is -0.109. The van der Waals surface area contributed by atoms with Gasteiger partial charge in [-0.05, 0) is 36.6 Å². The molecule has 90 valence electrons. The van der Waals surface area contributed by atoms with Gasteiger partial charge in [-0.1, -0.05) is 28.1 Å². The van der Waals surface area contributed by atoms with Crippen LogP contribution in [0.2, 0.25) is 0 Å². The van der Waals surface area contributed by atoms with Gasteiger partial charge in [0.05, 0.1) is 6.10 Å². The Balaban J connectivity index is 1.85. The Morgan fingerprint density at radius 1 is 1.47 bits per heavy atom. The molecule has 0 bridgehead atoms. The van der Waals surface area contributed by atoms with Crippen molar-refractivity contribution < 1.29 is 9.90 Å². The molecule has 3 nitrogen and oxygen atoms in total. The first kappa shape index (κ1) is 12.3. The van der Waals surface area contributed by atoms with Gasteiger partial charge in [0.15, 0.2) is 0 Å². The fourth-order valence-corrected chi connectivity index (χ4v) is 2.15. The van der Waals surface area contributed by atoms with Crippen LogP contribution in [0, 0.1) is 0 Å². The lowest BCUT2D eigenvalue weighted by Crippen LogP contribution is -2.46. The fourth-order valence-electron chi connectivity index (χ4n) is 1.74. The van der Waals surface area contributed by atoms with E-state index in [4.69, 9.17) is 5.11 Å². The average Bonchev–Trinajstić information content (AvgIpc) is 2.24. The normalized spacial score (nSPS) is 23.4. The molecule has 4 heteroatoms. The summed E-state index contributed by atoms with van der Waals surface area (Å²) in [4.78, 5) is 11.5. The van der Waals surface area contributed by atoms with E-state index in [1.54, 1.807) is 6.08 Å². The second-order valence-corrected chi connectivity index (χ2v) is 5.13. The molecular formula is C13H14BrNO2. The number of nitrogens with one attached hydrogen (secondary N) is 1. The van der Waals surface area contributed by atoms with E-state index >= 15 is 0 Å². The van der Waals surface area contributed by atoms with Crippen LogP contribution in [0.25, 0.3) is 6.08 Å². The van der Waals surface area contributed by atoms with Crippen molar-refractivity contribution in [3.05, 3.63) is 40.4 Å². The Morgan fingerprint density at radius 3 is 2.88 bits per heavy atom. The van der Waals surface area contributed by atoms with Gasteiger partial charge in [-0.25, -0.2) is 0 Å². The molecule has 1 fully saturated rings. The third-order valence-electron chi connectivity index (χ3n) is 2.74. The molecule has 1 saturated carbocycles. The van der Waals surface area contributed by atoms with Crippen LogP contribution in [0.3, 0.4) is 0 Å². The zero-order valence-electron chi connectivity index (χ0n) is 9.27. The highest BCUT2D eigenvalue weighted by molar-refractivity contribution is 9.10. The first-order valence-electron chi connectivity index (χ1n) is 5.56. The van der Waals surface area contributed by atoms with Gasteiger partial charge in [-0.2, -0.15) is 0 Å². The SMILES string of the molecule is O=C(C=Cc1cccc(Br)c1)NC1CC(O)C1. The summed E-state index contributed by atoms with van der Waals surface area (Å²) in [6.07, 6.45) is 4.38. The molecule has 1 aromatic carbocycles. The van der Waals surface area contributed by atoms with Crippen LogP contribution < -0.4 is 5.32 Å². The summed E-state index contributed by atoms with van der Waals surface area (Å²) in [7, 11) is 0. The molecule has 1 amide bonds. The van der Waals surface area contributed by atoms with Crippen LogP contribution in [0.4, 0.5) is 0 Å². The third-order valence-corrected chi connectivity index (χ3v) is 3.23. The Kier molecular flexibility index (Phi) is 3.97. The molecule has 0 spiro atoms. The van der Waals surface area contributed by atoms with Crippen molar-refractivity contribution in [3.8, 4) is 0 Å². The Labute approximate surface area is 109 Å². The molecule has 2 rings (SSSR count). The predicted molar refractivity (Wildman–Crippen MR) is 70.3 cm³/mol. The first-order chi connectivity index (χ1) is 8.13. The number of carbonyl (C=O) groups is 1. The maximum absolute atomic E-state index is 11.5. The molecule has 1 aliphatic rings. The van der Waals surface area contributed by atoms with Crippen molar-refractivity contribution in [1.29, 1.82) is 0 Å². The number of hydrogen-bond acceptors (Lipinski definition) is 2. The van der Waals surface area contributed by atoms with Gasteiger partial charge in [-0.15, -0.1) is 0 Å². The molecule has 0 aliphatic heterocycles. The van der Waals surface area contributed by atoms with Crippen LogP contribution in [0.1, 0.15) is 18.4 Å². The molecule has 0 aromatic heterocycles. The highest BCUT2D eigenvalue weighted by Crippen LogP contribution is 2.19. The van der Waals surface area contributed by atoms with Gasteiger partial charge >= 0.3 is 0 Å². The summed E-state index contributed by atoms with van der Waals surface area (Å²) >= 11 is 3.37. The number of aliphatic hydroxyl groups excluding tert-OH is 1. The van der Waals surface area contributed by atoms with Crippen LogP contribution in [-0.2, 0) is 4.79 Å². The fraction of sp³-hybridized carbons (Fsp3) is 0.308. The van der Waals surface area contributed by atoms with E-state index in [2.05, 4.69) is 21.2 Å². The highest BCUT2D eigenvalue weighted by atomic mass is 79.9. The molecule has 2 N–H and O–H groups in total. The molecule has 0 heterocycles. The highest BCUT2D eigenvalue weighted by Gasteiger charge is 2.27. The summed E-state index contributed by atoms with van der Waals surface area (Å²) in [5.41, 5.74) is 0.975. The maximum Gasteiger partial charge on any atom is 0.244 e. The zero-order valence-corrected chi connectivity index (χ0v) is 10.9. The minimum Gasteiger partial charge on any atom is -0.393 e. The van der Waals surface area contributed by atoms with Crippen molar-refractivity contribution in [1.82, 2.24) is 5.32 Å². The summed E-state index contributed by atoms with van der Waals surface area (Å²) in [6.45, 7) is 0. The van der Waals surface area contributed by atoms with Gasteiger partial charge in [0.2, 0.25) is 5.91 Å². The lowest BCUT2D eigenvalue weighted by atomic mass is 9.89. The van der Waals surface area contributed by atoms with Crippen LogP contribution >= 0.6 is 15.9 Å². The van der Waals surface area contributed by atoms with Gasteiger partial charge < -0.3 is 10.4 Å². The second kappa shape index (κ2) is 5.47. The van der Waals surface area contributed by atoms with Crippen LogP contribution in [0.15, 0.2) is 34.8 Å². The predicted octanol–water partition coefficient (Wildman–Crippen LogP) is 2.10. The van der Waals surface area contributed by atoms with Crippen molar-refractivity contribution in [2.75, 3.05) is 0 Å². The van der Waals surface area contributed by atoms with Crippen molar-refractivity contribution in [3.63, 3.8) is 0 Å². The zero-order chi connectivity index (χ0) is 12.3. The Hall–Kier alpha value is -1.13. The number of carbonyl (C=O) groups excluding carboxylic acids is 1. The molecule has 1 aliphatic carbocycles. The van der Waals surface area contributed by atoms with Gasteiger partial charge in [0.25, 0.3) is 0 Å². The van der Waals surface area contributed by atoms with Gasteiger partial charge in [0, 0.05) is 16.6 Å². The number of amides is 1. The van der Waals surface area contributed by atoms with E-state index in [0.29, 0.717) is 12.8 Å². The number of halogens is 1. The van der Waals surface area contributed by atoms with E-state index < -0.39 is 0 Å². The number of aliphatic hydroxyl groups is 1. The lowest BCUT2D eigenvalue weighted by Gasteiger charge is -2.31. The Bertz CT molecular complexity index is 439. The van der Waals surface area contributed by atoms with Crippen molar-refractivity contribution in [2.45, 2.75) is 25.0 Å². The first-order valence-corrected chi connectivity index (χ1v) is 6.35. The topological polar surface area (TPSA) is 49.3 Å². The van der Waals surface area contributed by atoms with Crippen molar-refractivity contribution in [2.24, 2.45) is 0 Å². The minimum absolute atomic E-state index is 0.109. The smallest absolute Gasteiger partial charge is 0.244 e. The van der Waals surface area contributed by atoms with E-state index in [9.17, 15) is 4.79 Å². The maximum atomic E-state index is 11.5. The van der Waals surface area contributed by atoms with E-state index in [0.717, 1.165) is 10.0 Å². The van der Waals surface area contributed by atoms with Crippen LogP contribution in [0.5, 0.6) is 0 Å². The van der Waals surface area contributed by atoms with E-state index in [-0.39, 0.29) is 18.1 Å². The molecular weight excluding hydrogens is 282 g/mol. The largest absolute Gasteiger partial charge is 0.393 e. The summed E-state index contributed by atoms with van der Waals surface area (Å²) in [5, 5.41) is 11.9. The lowest BCUT2D eigenvalue weighted by molar-refractivity contribution is -0.118. The molecule has 1 aromatic rings. The van der Waals surface area contributed by atoms with Gasteiger partial charge in [0.1, 0.15) is 0 Å². The van der Waals surface area contributed by atoms with Crippen molar-refractivity contribution >= 4 is 27.9 Å². The van der Waals surface area contributed by atoms with E-state index in [1.165, 1.54) is 6.08 Å². The summed E-state index contributed by atoms with van der Waals surface area (Å²) < 4.78 is 0.988. The average molecular weight is 296 g/mol. The van der Waals surface area contributed by atoms with E-state index in [1.807, 2.05) is 24.3 Å². The van der Waals surface area contributed by atoms with Gasteiger partial charge in [-0.3, -0.25) is 4.79 Å². The minimum atomic E-state index is -0.241. The molecule has 17 heavy (non-hydrogen) atoms. The standard InChI is InChI=1S/C13H14BrNO2/c14-10-3-1-2-9(6-10)4-5-13(17)15-11-7-12(16)8-11/h1-6,11-12,16H,7-8H2,(H,15,17). The van der Waals surface area contributed by atoms with Crippen LogP contribution in [-0.4, -0.2) is 23.2 Å². The second-order valence-electron chi connectivity index (χ2n) is 4.22. The quantitative estimate of drug-likeness (QED) is 0.839. The summed E-state index contributed by atoms with van der Waals surface area (Å²) in [6, 6.07) is 7.86. The monoisotopic (exact) mass is 295 g/mol. The number of hydrogen-bond donors (Lipinski definition) is 2. The number of benzene rings is 1. The molecule has 0 atom stereocenters. The Morgan fingerprint density at radius 2 is 2.24 bits per heavy atom. The number of rotatable bonds is 3. The molecule has 0 unspecified atom stereocenters. The molecule has 0 saturated heterocycles.